The van der Waals surface area contributed by atoms with Gasteiger partial charge >= 0.3 is 0 Å². The van der Waals surface area contributed by atoms with Crippen LogP contribution >= 0.6 is 28.3 Å². The molecule has 1 amide bonds. The highest BCUT2D eigenvalue weighted by Gasteiger charge is 2.26. The molecule has 2 N–H and O–H groups in total. The smallest absolute Gasteiger partial charge is 0.254 e. The molecule has 0 aliphatic carbocycles. The van der Waals surface area contributed by atoms with Crippen molar-refractivity contribution >= 4 is 34.2 Å². The summed E-state index contributed by atoms with van der Waals surface area (Å²) >= 11 is 3.46. The number of carbonyl (C=O) groups excluding carboxylic acids is 1. The number of likely N-dealkylation sites (tertiary alicyclic amines) is 1. The van der Waals surface area contributed by atoms with Crippen LogP contribution in [0.15, 0.2) is 22.7 Å². The van der Waals surface area contributed by atoms with Crippen LogP contribution in [0.5, 0.6) is 5.75 Å². The van der Waals surface area contributed by atoms with E-state index in [4.69, 9.17) is 10.5 Å². The molecule has 1 aromatic carbocycles. The molecule has 1 heterocycles. The number of nitrogens with two attached hydrogens (primary N) is 1. The topological polar surface area (TPSA) is 55.6 Å². The summed E-state index contributed by atoms with van der Waals surface area (Å²) < 4.78 is 6.57. The van der Waals surface area contributed by atoms with E-state index in [2.05, 4.69) is 15.9 Å². The highest BCUT2D eigenvalue weighted by molar-refractivity contribution is 9.10. The number of benzene rings is 1. The Morgan fingerprint density at radius 1 is 1.35 bits per heavy atom. The van der Waals surface area contributed by atoms with E-state index >= 15 is 0 Å². The van der Waals surface area contributed by atoms with Crippen LogP contribution in [0.1, 0.15) is 44.0 Å². The zero-order valence-corrected chi connectivity index (χ0v) is 16.3. The second-order valence-corrected chi connectivity index (χ2v) is 7.27. The van der Waals surface area contributed by atoms with Crippen molar-refractivity contribution in [2.75, 3.05) is 13.1 Å². The number of amides is 1. The predicted molar refractivity (Wildman–Crippen MR) is 99.4 cm³/mol. The van der Waals surface area contributed by atoms with Crippen LogP contribution in [-0.4, -0.2) is 36.0 Å². The van der Waals surface area contributed by atoms with Gasteiger partial charge in [-0.2, -0.15) is 0 Å². The van der Waals surface area contributed by atoms with Crippen LogP contribution in [0, 0.1) is 5.92 Å². The molecule has 0 bridgehead atoms. The van der Waals surface area contributed by atoms with Gasteiger partial charge < -0.3 is 15.4 Å². The number of ether oxygens (including phenoxy) is 1. The fourth-order valence-corrected chi connectivity index (χ4v) is 3.30. The number of nitrogens with zero attached hydrogens (tertiary/aromatic N) is 1. The number of hydrogen-bond donors (Lipinski definition) is 1. The van der Waals surface area contributed by atoms with Gasteiger partial charge in [0.05, 0.1) is 6.10 Å². The Morgan fingerprint density at radius 2 is 2.04 bits per heavy atom. The highest BCUT2D eigenvalue weighted by atomic mass is 79.9. The van der Waals surface area contributed by atoms with Gasteiger partial charge in [-0.1, -0.05) is 15.9 Å². The summed E-state index contributed by atoms with van der Waals surface area (Å²) in [6, 6.07) is 5.68. The third-order valence-electron chi connectivity index (χ3n) is 3.98. The Morgan fingerprint density at radius 3 is 2.65 bits per heavy atom. The van der Waals surface area contributed by atoms with Gasteiger partial charge in [-0.05, 0) is 57.7 Å². The molecule has 1 aromatic rings. The van der Waals surface area contributed by atoms with Crippen LogP contribution < -0.4 is 10.5 Å². The standard InChI is InChI=1S/C17H25BrN2O2.ClH/c1-11(2)22-16-8-14(7-15(18)9-16)17(21)20-6-4-5-13(10-20)12(3)19;/h7-9,11-13H,4-6,10,19H2,1-3H3;1H. The Balaban J connectivity index is 0.00000264. The highest BCUT2D eigenvalue weighted by Crippen LogP contribution is 2.25. The minimum absolute atomic E-state index is 0. The number of piperidine rings is 1. The molecule has 0 radical (unpaired) electrons. The average molecular weight is 406 g/mol. The maximum Gasteiger partial charge on any atom is 0.254 e. The zero-order chi connectivity index (χ0) is 16.3. The van der Waals surface area contributed by atoms with Gasteiger partial charge in [0, 0.05) is 29.2 Å². The zero-order valence-electron chi connectivity index (χ0n) is 13.9. The average Bonchev–Trinajstić information content (AvgIpc) is 2.45. The predicted octanol–water partition coefficient (Wildman–Crippen LogP) is 3.86. The van der Waals surface area contributed by atoms with Crippen LogP contribution in [-0.2, 0) is 0 Å². The first-order valence-electron chi connectivity index (χ1n) is 7.89. The van der Waals surface area contributed by atoms with Crippen molar-refractivity contribution in [1.29, 1.82) is 0 Å². The molecular formula is C17H26BrClN2O2. The molecule has 6 heteroatoms. The van der Waals surface area contributed by atoms with Gasteiger partial charge in [0.25, 0.3) is 5.91 Å². The van der Waals surface area contributed by atoms with E-state index in [1.54, 1.807) is 0 Å². The maximum absolute atomic E-state index is 12.8. The van der Waals surface area contributed by atoms with Crippen molar-refractivity contribution in [1.82, 2.24) is 4.90 Å². The van der Waals surface area contributed by atoms with Crippen LogP contribution in [0.2, 0.25) is 0 Å². The van der Waals surface area contributed by atoms with E-state index in [1.165, 1.54) is 0 Å². The van der Waals surface area contributed by atoms with Gasteiger partial charge in [-0.25, -0.2) is 0 Å². The van der Waals surface area contributed by atoms with E-state index in [-0.39, 0.29) is 30.5 Å². The molecule has 2 rings (SSSR count). The number of rotatable bonds is 4. The van der Waals surface area contributed by atoms with Crippen molar-refractivity contribution in [3.05, 3.63) is 28.2 Å². The molecule has 1 aliphatic rings. The largest absolute Gasteiger partial charge is 0.491 e. The van der Waals surface area contributed by atoms with E-state index in [9.17, 15) is 4.79 Å². The van der Waals surface area contributed by atoms with E-state index in [0.29, 0.717) is 17.2 Å². The Bertz CT molecular complexity index is 537. The minimum atomic E-state index is 0. The Labute approximate surface area is 153 Å². The van der Waals surface area contributed by atoms with Crippen LogP contribution in [0.25, 0.3) is 0 Å². The lowest BCUT2D eigenvalue weighted by Gasteiger charge is -2.34. The molecule has 23 heavy (non-hydrogen) atoms. The molecule has 1 fully saturated rings. The molecule has 0 aromatic heterocycles. The van der Waals surface area contributed by atoms with Gasteiger partial charge in [-0.3, -0.25) is 4.79 Å². The first-order chi connectivity index (χ1) is 10.4. The SMILES string of the molecule is CC(C)Oc1cc(Br)cc(C(=O)N2CCCC(C(C)N)C2)c1.Cl. The van der Waals surface area contributed by atoms with Crippen molar-refractivity contribution in [3.8, 4) is 5.75 Å². The molecule has 4 nitrogen and oxygen atoms in total. The van der Waals surface area contributed by atoms with Gasteiger partial charge in [-0.15, -0.1) is 12.4 Å². The Hall–Kier alpha value is -0.780. The van der Waals surface area contributed by atoms with Crippen molar-refractivity contribution in [2.45, 2.75) is 45.8 Å². The number of halogens is 2. The summed E-state index contributed by atoms with van der Waals surface area (Å²) in [4.78, 5) is 14.7. The number of hydrogen-bond acceptors (Lipinski definition) is 3. The van der Waals surface area contributed by atoms with Crippen LogP contribution in [0.4, 0.5) is 0 Å². The first-order valence-corrected chi connectivity index (χ1v) is 8.68. The monoisotopic (exact) mass is 404 g/mol. The number of carbonyl (C=O) groups is 1. The lowest BCUT2D eigenvalue weighted by Crippen LogP contribution is -2.45. The summed E-state index contributed by atoms with van der Waals surface area (Å²) in [5.74, 6) is 1.16. The van der Waals surface area contributed by atoms with Gasteiger partial charge in [0.2, 0.25) is 0 Å². The van der Waals surface area contributed by atoms with E-state index in [0.717, 1.165) is 30.4 Å². The summed E-state index contributed by atoms with van der Waals surface area (Å²) in [6.45, 7) is 7.51. The van der Waals surface area contributed by atoms with E-state index < -0.39 is 0 Å². The van der Waals surface area contributed by atoms with Gasteiger partial charge in [0.1, 0.15) is 5.75 Å². The van der Waals surface area contributed by atoms with Crippen molar-refractivity contribution in [3.63, 3.8) is 0 Å². The fraction of sp³-hybridized carbons (Fsp3) is 0.588. The third-order valence-corrected chi connectivity index (χ3v) is 4.44. The lowest BCUT2D eigenvalue weighted by molar-refractivity contribution is 0.0660. The summed E-state index contributed by atoms with van der Waals surface area (Å²) in [6.07, 6.45) is 2.19. The molecule has 1 saturated heterocycles. The maximum atomic E-state index is 12.8. The van der Waals surface area contributed by atoms with Crippen molar-refractivity contribution in [2.24, 2.45) is 11.7 Å². The van der Waals surface area contributed by atoms with Crippen molar-refractivity contribution < 1.29 is 9.53 Å². The molecule has 130 valence electrons. The molecule has 0 spiro atoms. The Kier molecular flexibility index (Phi) is 7.84. The molecule has 2 atom stereocenters. The molecular weight excluding hydrogens is 380 g/mol. The second kappa shape index (κ2) is 8.90. The molecule has 1 aliphatic heterocycles. The molecule has 0 saturated carbocycles. The summed E-state index contributed by atoms with van der Waals surface area (Å²) in [5.41, 5.74) is 6.67. The third kappa shape index (κ3) is 5.66. The fourth-order valence-electron chi connectivity index (χ4n) is 2.83. The van der Waals surface area contributed by atoms with E-state index in [1.807, 2.05) is 43.9 Å². The summed E-state index contributed by atoms with van der Waals surface area (Å²) in [5, 5.41) is 0. The summed E-state index contributed by atoms with van der Waals surface area (Å²) in [7, 11) is 0. The van der Waals surface area contributed by atoms with Crippen LogP contribution in [0.3, 0.4) is 0 Å². The normalized spacial score (nSPS) is 19.2. The minimum Gasteiger partial charge on any atom is -0.491 e. The first kappa shape index (κ1) is 20.3. The molecule has 2 unspecified atom stereocenters. The lowest BCUT2D eigenvalue weighted by atomic mass is 9.92. The van der Waals surface area contributed by atoms with Gasteiger partial charge in [0.15, 0.2) is 0 Å². The quantitative estimate of drug-likeness (QED) is 0.827. The second-order valence-electron chi connectivity index (χ2n) is 6.35.